The molecule has 176 valence electrons. The zero-order valence-corrected chi connectivity index (χ0v) is 21.1. The van der Waals surface area contributed by atoms with Gasteiger partial charge in [-0.1, -0.05) is 19.9 Å². The molecule has 1 atom stereocenters. The molecule has 2 aromatic heterocycles. The van der Waals surface area contributed by atoms with Crippen LogP contribution in [-0.2, 0) is 12.8 Å². The number of carbonyl (C=O) groups is 1. The van der Waals surface area contributed by atoms with E-state index in [0.29, 0.717) is 5.41 Å². The second-order valence-corrected chi connectivity index (χ2v) is 9.41. The van der Waals surface area contributed by atoms with Crippen LogP contribution in [0.2, 0.25) is 0 Å². The van der Waals surface area contributed by atoms with Crippen molar-refractivity contribution < 1.29 is 4.79 Å². The lowest BCUT2D eigenvalue weighted by molar-refractivity contribution is 0.0656. The fraction of sp³-hybridized carbons (Fsp3) is 0.478. The summed E-state index contributed by atoms with van der Waals surface area (Å²) < 4.78 is 0. The van der Waals surface area contributed by atoms with E-state index in [1.165, 1.54) is 17.7 Å². The number of fused-ring (bicyclic) bond motifs is 2. The zero-order chi connectivity index (χ0) is 20.2. The molecule has 5 rings (SSSR count). The van der Waals surface area contributed by atoms with Crippen LogP contribution in [0.5, 0.6) is 0 Å². The van der Waals surface area contributed by atoms with Crippen molar-refractivity contribution in [1.82, 2.24) is 25.4 Å². The molecule has 1 aromatic carbocycles. The third kappa shape index (κ3) is 4.79. The molecule has 1 saturated heterocycles. The first kappa shape index (κ1) is 26.5. The normalized spacial score (nSPS) is 19.3. The monoisotopic (exact) mass is 499 g/mol. The Bertz CT molecular complexity index is 1090. The molecule has 0 radical (unpaired) electrons. The fourth-order valence-electron chi connectivity index (χ4n) is 4.77. The number of hydrogen-bond donors (Lipinski definition) is 3. The SMILES string of the molecule is C[C@@H]1CNCCN1C(=O)c1ccc2cc(-c3n[nH]c4c3CCC(C)(C)C4)[nH]c2c1.Cl.Cl.Cl. The molecule has 6 nitrogen and oxygen atoms in total. The highest BCUT2D eigenvalue weighted by Crippen LogP contribution is 2.38. The van der Waals surface area contributed by atoms with Crippen molar-refractivity contribution in [2.75, 3.05) is 19.6 Å². The standard InChI is InChI=1S/C23H29N5O.3ClH/c1-14-13-24-8-9-28(14)22(29)16-5-4-15-10-19(25-18(15)11-16)21-17-6-7-23(2,3)12-20(17)26-27-21;;;/h4-5,10-11,14,24-25H,6-9,12-13H2,1-3H3,(H,26,27);3*1H/t14-;;;/m1.../s1. The van der Waals surface area contributed by atoms with E-state index >= 15 is 0 Å². The van der Waals surface area contributed by atoms with Gasteiger partial charge in [-0.25, -0.2) is 0 Å². The third-order valence-electron chi connectivity index (χ3n) is 6.55. The molecule has 1 aliphatic heterocycles. The van der Waals surface area contributed by atoms with Crippen molar-refractivity contribution in [1.29, 1.82) is 0 Å². The number of piperazine rings is 1. The smallest absolute Gasteiger partial charge is 0.254 e. The second kappa shape index (κ2) is 10.0. The molecule has 9 heteroatoms. The number of hydrogen-bond acceptors (Lipinski definition) is 3. The Hall–Kier alpha value is -1.73. The van der Waals surface area contributed by atoms with Crippen LogP contribution in [0.3, 0.4) is 0 Å². The molecule has 32 heavy (non-hydrogen) atoms. The summed E-state index contributed by atoms with van der Waals surface area (Å²) in [5.74, 6) is 0.108. The number of aromatic nitrogens is 3. The number of nitrogens with zero attached hydrogens (tertiary/aromatic N) is 2. The van der Waals surface area contributed by atoms with Gasteiger partial charge < -0.3 is 15.2 Å². The number of halogens is 3. The number of rotatable bonds is 2. The van der Waals surface area contributed by atoms with Crippen LogP contribution in [0, 0.1) is 5.41 Å². The molecule has 0 bridgehead atoms. The first-order valence-corrected chi connectivity index (χ1v) is 10.6. The summed E-state index contributed by atoms with van der Waals surface area (Å²) in [5, 5.41) is 12.3. The van der Waals surface area contributed by atoms with Gasteiger partial charge in [0.15, 0.2) is 0 Å². The van der Waals surface area contributed by atoms with Gasteiger partial charge in [0.05, 0.1) is 5.69 Å². The summed E-state index contributed by atoms with van der Waals surface area (Å²) in [4.78, 5) is 18.5. The van der Waals surface area contributed by atoms with Gasteiger partial charge in [-0.15, -0.1) is 37.2 Å². The zero-order valence-electron chi connectivity index (χ0n) is 18.7. The number of H-pyrrole nitrogens is 2. The van der Waals surface area contributed by atoms with Crippen molar-refractivity contribution in [3.8, 4) is 11.4 Å². The van der Waals surface area contributed by atoms with Crippen LogP contribution in [-0.4, -0.2) is 51.7 Å². The maximum Gasteiger partial charge on any atom is 0.254 e. The lowest BCUT2D eigenvalue weighted by Crippen LogP contribution is -2.52. The number of aromatic amines is 2. The van der Waals surface area contributed by atoms with Crippen molar-refractivity contribution in [2.24, 2.45) is 5.41 Å². The first-order chi connectivity index (χ1) is 13.9. The van der Waals surface area contributed by atoms with E-state index in [0.717, 1.165) is 60.3 Å². The van der Waals surface area contributed by atoms with Crippen molar-refractivity contribution >= 4 is 54.0 Å². The minimum atomic E-state index is 0. The van der Waals surface area contributed by atoms with Crippen LogP contribution in [0.4, 0.5) is 0 Å². The van der Waals surface area contributed by atoms with Crippen molar-refractivity contribution in [2.45, 2.75) is 46.1 Å². The average molecular weight is 501 g/mol. The van der Waals surface area contributed by atoms with Crippen molar-refractivity contribution in [3.63, 3.8) is 0 Å². The molecule has 2 aliphatic rings. The molecule has 1 amide bonds. The van der Waals surface area contributed by atoms with Gasteiger partial charge >= 0.3 is 0 Å². The van der Waals surface area contributed by atoms with E-state index in [1.807, 2.05) is 23.1 Å². The topological polar surface area (TPSA) is 76.8 Å². The molecule has 0 unspecified atom stereocenters. The number of carbonyl (C=O) groups excluding carboxylic acids is 1. The Morgan fingerprint density at radius 3 is 2.72 bits per heavy atom. The van der Waals surface area contributed by atoms with Gasteiger partial charge in [0.1, 0.15) is 5.69 Å². The maximum atomic E-state index is 13.0. The quantitative estimate of drug-likeness (QED) is 0.474. The summed E-state index contributed by atoms with van der Waals surface area (Å²) in [7, 11) is 0. The van der Waals surface area contributed by atoms with Crippen LogP contribution >= 0.6 is 37.2 Å². The van der Waals surface area contributed by atoms with E-state index in [-0.39, 0.29) is 49.2 Å². The lowest BCUT2D eigenvalue weighted by atomic mass is 9.76. The highest BCUT2D eigenvalue weighted by Gasteiger charge is 2.29. The number of nitrogens with one attached hydrogen (secondary N) is 3. The fourth-order valence-corrected chi connectivity index (χ4v) is 4.77. The summed E-state index contributed by atoms with van der Waals surface area (Å²) >= 11 is 0. The van der Waals surface area contributed by atoms with E-state index in [4.69, 9.17) is 0 Å². The molecular formula is C23H32Cl3N5O. The van der Waals surface area contributed by atoms with E-state index in [1.54, 1.807) is 0 Å². The second-order valence-electron chi connectivity index (χ2n) is 9.41. The van der Waals surface area contributed by atoms with Crippen molar-refractivity contribution in [3.05, 3.63) is 41.1 Å². The number of benzene rings is 1. The first-order valence-electron chi connectivity index (χ1n) is 10.6. The van der Waals surface area contributed by atoms with Crippen LogP contribution < -0.4 is 5.32 Å². The largest absolute Gasteiger partial charge is 0.353 e. The van der Waals surface area contributed by atoms with Gasteiger partial charge in [0, 0.05) is 53.4 Å². The molecule has 3 heterocycles. The summed E-state index contributed by atoms with van der Waals surface area (Å²) in [6.45, 7) is 9.18. The minimum Gasteiger partial charge on any atom is -0.353 e. The highest BCUT2D eigenvalue weighted by atomic mass is 35.5. The minimum absolute atomic E-state index is 0. The molecule has 1 aliphatic carbocycles. The molecule has 0 spiro atoms. The summed E-state index contributed by atoms with van der Waals surface area (Å²) in [6.07, 6.45) is 3.26. The Kier molecular flexibility index (Phi) is 8.32. The summed E-state index contributed by atoms with van der Waals surface area (Å²) in [6, 6.07) is 8.33. The van der Waals surface area contributed by atoms with Gasteiger partial charge in [-0.2, -0.15) is 5.10 Å². The van der Waals surface area contributed by atoms with Crippen LogP contribution in [0.25, 0.3) is 22.3 Å². The van der Waals surface area contributed by atoms with Gasteiger partial charge in [-0.05, 0) is 49.8 Å². The predicted molar refractivity (Wildman–Crippen MR) is 137 cm³/mol. The molecule has 1 fully saturated rings. The predicted octanol–water partition coefficient (Wildman–Crippen LogP) is 4.77. The Morgan fingerprint density at radius 1 is 1.19 bits per heavy atom. The number of amides is 1. The third-order valence-corrected chi connectivity index (χ3v) is 6.55. The summed E-state index contributed by atoms with van der Waals surface area (Å²) in [5.41, 5.74) is 6.70. The van der Waals surface area contributed by atoms with E-state index in [2.05, 4.69) is 47.3 Å². The van der Waals surface area contributed by atoms with Crippen LogP contribution in [0.1, 0.15) is 48.8 Å². The molecule has 3 N–H and O–H groups in total. The molecule has 0 saturated carbocycles. The Balaban J connectivity index is 0.00000121. The van der Waals surface area contributed by atoms with Crippen LogP contribution in [0.15, 0.2) is 24.3 Å². The Morgan fingerprint density at radius 2 is 1.97 bits per heavy atom. The maximum absolute atomic E-state index is 13.0. The van der Waals surface area contributed by atoms with Gasteiger partial charge in [-0.3, -0.25) is 9.89 Å². The molecular weight excluding hydrogens is 469 g/mol. The van der Waals surface area contributed by atoms with E-state index in [9.17, 15) is 4.79 Å². The Labute approximate surface area is 207 Å². The highest BCUT2D eigenvalue weighted by molar-refractivity contribution is 5.99. The van der Waals surface area contributed by atoms with E-state index < -0.39 is 0 Å². The van der Waals surface area contributed by atoms with Gasteiger partial charge in [0.2, 0.25) is 0 Å². The van der Waals surface area contributed by atoms with Gasteiger partial charge in [0.25, 0.3) is 5.91 Å². The average Bonchev–Trinajstić information content (AvgIpc) is 3.29. The lowest BCUT2D eigenvalue weighted by Gasteiger charge is -2.34. The molecule has 3 aromatic rings.